The Morgan fingerprint density at radius 3 is 2.67 bits per heavy atom. The summed E-state index contributed by atoms with van der Waals surface area (Å²) in [5.74, 6) is 3.25. The van der Waals surface area contributed by atoms with Gasteiger partial charge in [-0.3, -0.25) is 5.41 Å². The minimum atomic E-state index is 0.353. The van der Waals surface area contributed by atoms with Crippen molar-refractivity contribution < 1.29 is 0 Å². The number of nitrogens with zero attached hydrogens (tertiary/aromatic N) is 1. The maximum Gasteiger partial charge on any atom is 0.0937 e. The molecule has 1 heterocycles. The molecule has 0 bridgehead atoms. The number of nitrogens with one attached hydrogen (secondary N) is 1. The van der Waals surface area contributed by atoms with Crippen molar-refractivity contribution in [3.63, 3.8) is 0 Å². The molecule has 4 heteroatoms. The summed E-state index contributed by atoms with van der Waals surface area (Å²) in [5.41, 5.74) is 5.51. The summed E-state index contributed by atoms with van der Waals surface area (Å²) in [7, 11) is 0. The maximum atomic E-state index is 7.40. The first kappa shape index (κ1) is 12.8. The van der Waals surface area contributed by atoms with Crippen LogP contribution >= 0.6 is 11.8 Å². The van der Waals surface area contributed by atoms with Crippen molar-refractivity contribution in [1.29, 1.82) is 5.41 Å². The Labute approximate surface area is 97.3 Å². The van der Waals surface area contributed by atoms with E-state index in [2.05, 4.69) is 11.8 Å². The summed E-state index contributed by atoms with van der Waals surface area (Å²) >= 11 is 2.02. The number of piperidine rings is 1. The second-order valence-corrected chi connectivity index (χ2v) is 5.52. The lowest BCUT2D eigenvalue weighted by Crippen LogP contribution is -2.38. The Morgan fingerprint density at radius 2 is 2.13 bits per heavy atom. The van der Waals surface area contributed by atoms with Crippen LogP contribution in [0.4, 0.5) is 0 Å². The molecule has 1 rings (SSSR count). The van der Waals surface area contributed by atoms with Crippen LogP contribution in [0.3, 0.4) is 0 Å². The molecule has 0 spiro atoms. The Bertz CT molecular complexity index is 188. The summed E-state index contributed by atoms with van der Waals surface area (Å²) in [6, 6.07) is 0. The second kappa shape index (κ2) is 7.12. The second-order valence-electron chi connectivity index (χ2n) is 4.12. The number of amidine groups is 1. The highest BCUT2D eigenvalue weighted by Gasteiger charge is 2.20. The summed E-state index contributed by atoms with van der Waals surface area (Å²) in [6.07, 6.45) is 3.45. The number of thioether (sulfide) groups is 1. The van der Waals surface area contributed by atoms with Gasteiger partial charge in [0.25, 0.3) is 0 Å². The molecule has 0 unspecified atom stereocenters. The van der Waals surface area contributed by atoms with Gasteiger partial charge >= 0.3 is 0 Å². The van der Waals surface area contributed by atoms with E-state index in [1.807, 2.05) is 11.8 Å². The van der Waals surface area contributed by atoms with Crippen LogP contribution in [0, 0.1) is 11.3 Å². The zero-order chi connectivity index (χ0) is 11.1. The Kier molecular flexibility index (Phi) is 6.10. The number of hydrogen-bond donors (Lipinski definition) is 2. The average molecular weight is 229 g/mol. The smallest absolute Gasteiger partial charge is 0.0937 e. The quantitative estimate of drug-likeness (QED) is 0.415. The van der Waals surface area contributed by atoms with Crippen LogP contribution in [0.5, 0.6) is 0 Å². The van der Waals surface area contributed by atoms with Crippen molar-refractivity contribution in [2.45, 2.75) is 26.2 Å². The predicted octanol–water partition coefficient (Wildman–Crippen LogP) is 1.78. The molecule has 3 N–H and O–H groups in total. The molecule has 0 atom stereocenters. The minimum Gasteiger partial charge on any atom is -0.387 e. The molecule has 0 aromatic carbocycles. The summed E-state index contributed by atoms with van der Waals surface area (Å²) < 4.78 is 0. The molecule has 0 aromatic heterocycles. The summed E-state index contributed by atoms with van der Waals surface area (Å²) in [4.78, 5) is 2.51. The van der Waals surface area contributed by atoms with E-state index in [4.69, 9.17) is 11.1 Å². The lowest BCUT2D eigenvalue weighted by molar-refractivity contribution is 0.210. The highest BCUT2D eigenvalue weighted by atomic mass is 32.2. The van der Waals surface area contributed by atoms with Crippen molar-refractivity contribution in [3.05, 3.63) is 0 Å². The van der Waals surface area contributed by atoms with E-state index in [-0.39, 0.29) is 0 Å². The molecular weight excluding hydrogens is 206 g/mol. The molecule has 1 aliphatic rings. The van der Waals surface area contributed by atoms with Gasteiger partial charge in [-0.25, -0.2) is 0 Å². The zero-order valence-corrected chi connectivity index (χ0v) is 10.5. The van der Waals surface area contributed by atoms with Crippen molar-refractivity contribution in [2.24, 2.45) is 11.7 Å². The van der Waals surface area contributed by atoms with E-state index in [1.54, 1.807) is 0 Å². The molecule has 88 valence electrons. The monoisotopic (exact) mass is 229 g/mol. The number of hydrogen-bond acceptors (Lipinski definition) is 3. The van der Waals surface area contributed by atoms with Crippen LogP contribution in [-0.2, 0) is 0 Å². The zero-order valence-electron chi connectivity index (χ0n) is 9.67. The van der Waals surface area contributed by atoms with Gasteiger partial charge < -0.3 is 10.6 Å². The van der Waals surface area contributed by atoms with Crippen LogP contribution < -0.4 is 5.73 Å². The first-order valence-electron chi connectivity index (χ1n) is 5.88. The minimum absolute atomic E-state index is 0.353. The highest BCUT2D eigenvalue weighted by molar-refractivity contribution is 7.99. The van der Waals surface area contributed by atoms with Gasteiger partial charge in [-0.1, -0.05) is 6.92 Å². The molecule has 1 saturated heterocycles. The first-order chi connectivity index (χ1) is 7.24. The maximum absolute atomic E-state index is 7.40. The lowest BCUT2D eigenvalue weighted by atomic mass is 9.96. The molecule has 0 radical (unpaired) electrons. The average Bonchev–Trinajstić information content (AvgIpc) is 2.25. The Hall–Kier alpha value is -0.220. The van der Waals surface area contributed by atoms with Crippen molar-refractivity contribution in [3.8, 4) is 0 Å². The fraction of sp³-hybridized carbons (Fsp3) is 0.909. The van der Waals surface area contributed by atoms with Gasteiger partial charge in [0.05, 0.1) is 5.84 Å². The molecule has 1 aliphatic heterocycles. The van der Waals surface area contributed by atoms with Crippen LogP contribution in [-0.4, -0.2) is 41.9 Å². The van der Waals surface area contributed by atoms with Crippen LogP contribution in [0.15, 0.2) is 0 Å². The van der Waals surface area contributed by atoms with Gasteiger partial charge in [-0.2, -0.15) is 11.8 Å². The fourth-order valence-electron chi connectivity index (χ4n) is 2.00. The van der Waals surface area contributed by atoms with Gasteiger partial charge in [0.15, 0.2) is 0 Å². The molecule has 15 heavy (non-hydrogen) atoms. The molecular formula is C11H23N3S. The van der Waals surface area contributed by atoms with Crippen LogP contribution in [0.25, 0.3) is 0 Å². The molecule has 3 nitrogen and oxygen atoms in total. The van der Waals surface area contributed by atoms with Crippen molar-refractivity contribution >= 4 is 17.6 Å². The topological polar surface area (TPSA) is 53.1 Å². The SMILES string of the molecule is CCSCCCN1CCC(C(=N)N)CC1. The molecule has 0 aliphatic carbocycles. The van der Waals surface area contributed by atoms with Crippen LogP contribution in [0.1, 0.15) is 26.2 Å². The number of nitrogens with two attached hydrogens (primary N) is 1. The Morgan fingerprint density at radius 1 is 1.47 bits per heavy atom. The van der Waals surface area contributed by atoms with Gasteiger partial charge in [0.1, 0.15) is 0 Å². The third-order valence-electron chi connectivity index (χ3n) is 2.99. The molecule has 0 saturated carbocycles. The van der Waals surface area contributed by atoms with Gasteiger partial charge in [-0.05, 0) is 50.4 Å². The van der Waals surface area contributed by atoms with E-state index in [0.717, 1.165) is 25.9 Å². The molecule has 0 aromatic rings. The predicted molar refractivity (Wildman–Crippen MR) is 68.7 cm³/mol. The first-order valence-corrected chi connectivity index (χ1v) is 7.03. The standard InChI is InChI=1S/C11H23N3S/c1-2-15-9-3-6-14-7-4-10(5-8-14)11(12)13/h10H,2-9H2,1H3,(H3,12,13). The van der Waals surface area contributed by atoms with Gasteiger partial charge in [-0.15, -0.1) is 0 Å². The van der Waals surface area contributed by atoms with E-state index in [0.29, 0.717) is 11.8 Å². The van der Waals surface area contributed by atoms with E-state index < -0.39 is 0 Å². The summed E-state index contributed by atoms with van der Waals surface area (Å²) in [6.45, 7) is 5.68. The lowest BCUT2D eigenvalue weighted by Gasteiger charge is -2.31. The fourth-order valence-corrected chi connectivity index (χ4v) is 2.62. The van der Waals surface area contributed by atoms with Gasteiger partial charge in [0.2, 0.25) is 0 Å². The normalized spacial score (nSPS) is 19.3. The largest absolute Gasteiger partial charge is 0.387 e. The molecule has 0 amide bonds. The third-order valence-corrected chi connectivity index (χ3v) is 3.98. The van der Waals surface area contributed by atoms with E-state index in [9.17, 15) is 0 Å². The summed E-state index contributed by atoms with van der Waals surface area (Å²) in [5, 5.41) is 7.40. The molecule has 1 fully saturated rings. The number of rotatable bonds is 6. The van der Waals surface area contributed by atoms with Gasteiger partial charge in [0, 0.05) is 5.92 Å². The number of likely N-dealkylation sites (tertiary alicyclic amines) is 1. The third kappa shape index (κ3) is 4.89. The Balaban J connectivity index is 2.07. The van der Waals surface area contributed by atoms with E-state index >= 15 is 0 Å². The van der Waals surface area contributed by atoms with Crippen LogP contribution in [0.2, 0.25) is 0 Å². The van der Waals surface area contributed by atoms with Crippen molar-refractivity contribution in [2.75, 3.05) is 31.1 Å². The van der Waals surface area contributed by atoms with Crippen molar-refractivity contribution in [1.82, 2.24) is 4.90 Å². The van der Waals surface area contributed by atoms with E-state index in [1.165, 1.54) is 24.5 Å². The highest BCUT2D eigenvalue weighted by Crippen LogP contribution is 2.17.